The first-order chi connectivity index (χ1) is 9.70. The minimum atomic E-state index is 0.146. The van der Waals surface area contributed by atoms with E-state index in [1.165, 1.54) is 11.3 Å². The number of aryl methyl sites for hydroxylation is 1. The van der Waals surface area contributed by atoms with E-state index in [2.05, 4.69) is 28.3 Å². The highest BCUT2D eigenvalue weighted by Crippen LogP contribution is 2.36. The van der Waals surface area contributed by atoms with Gasteiger partial charge in [0.1, 0.15) is 0 Å². The van der Waals surface area contributed by atoms with Gasteiger partial charge in [-0.3, -0.25) is 0 Å². The summed E-state index contributed by atoms with van der Waals surface area (Å²) in [4.78, 5) is 2.22. The third kappa shape index (κ3) is 1.99. The molecule has 3 N–H and O–H groups in total. The molecule has 0 unspecified atom stereocenters. The minimum Gasteiger partial charge on any atom is -0.409 e. The van der Waals surface area contributed by atoms with E-state index in [0.717, 1.165) is 29.8 Å². The van der Waals surface area contributed by atoms with E-state index in [4.69, 9.17) is 10.9 Å². The molecule has 0 spiro atoms. The van der Waals surface area contributed by atoms with Gasteiger partial charge in [-0.1, -0.05) is 35.0 Å². The van der Waals surface area contributed by atoms with Gasteiger partial charge >= 0.3 is 0 Å². The number of oxime groups is 1. The lowest BCUT2D eigenvalue weighted by Gasteiger charge is -2.22. The second kappa shape index (κ2) is 4.89. The van der Waals surface area contributed by atoms with E-state index in [1.54, 1.807) is 0 Å². The maximum Gasteiger partial charge on any atom is 0.172 e. The zero-order valence-corrected chi connectivity index (χ0v) is 11.4. The highest BCUT2D eigenvalue weighted by Gasteiger charge is 2.22. The van der Waals surface area contributed by atoms with Crippen molar-refractivity contribution in [3.63, 3.8) is 0 Å². The maximum atomic E-state index is 8.99. The fraction of sp³-hybridized carbons (Fsp3) is 0.188. The predicted octanol–water partition coefficient (Wildman–Crippen LogP) is 2.78. The molecule has 1 heterocycles. The highest BCUT2D eigenvalue weighted by molar-refractivity contribution is 6.03. The molecular weight excluding hydrogens is 250 g/mol. The standard InChI is InChI=1S/C16H17N3O/c1-11-6-7-15(13(10-11)16(17)18-20)19-9-8-12-4-2-3-5-14(12)19/h2-7,10,20H,8-9H2,1H3,(H2,17,18). The number of nitrogens with zero attached hydrogens (tertiary/aromatic N) is 2. The zero-order chi connectivity index (χ0) is 14.1. The SMILES string of the molecule is Cc1ccc(N2CCc3ccccc32)c(/C(N)=N/O)c1. The molecule has 1 aliphatic heterocycles. The van der Waals surface area contributed by atoms with Crippen LogP contribution in [0.15, 0.2) is 47.6 Å². The Morgan fingerprint density at radius 3 is 2.80 bits per heavy atom. The molecule has 20 heavy (non-hydrogen) atoms. The topological polar surface area (TPSA) is 61.8 Å². The summed E-state index contributed by atoms with van der Waals surface area (Å²) in [6.07, 6.45) is 1.01. The fourth-order valence-electron chi connectivity index (χ4n) is 2.73. The monoisotopic (exact) mass is 267 g/mol. The van der Waals surface area contributed by atoms with Crippen molar-refractivity contribution < 1.29 is 5.21 Å². The summed E-state index contributed by atoms with van der Waals surface area (Å²) >= 11 is 0. The quantitative estimate of drug-likeness (QED) is 0.380. The molecule has 0 amide bonds. The van der Waals surface area contributed by atoms with Gasteiger partial charge in [0.15, 0.2) is 5.84 Å². The molecule has 102 valence electrons. The van der Waals surface area contributed by atoms with Crippen molar-refractivity contribution in [1.29, 1.82) is 0 Å². The van der Waals surface area contributed by atoms with Gasteiger partial charge in [-0.25, -0.2) is 0 Å². The molecule has 0 saturated heterocycles. The van der Waals surface area contributed by atoms with E-state index in [0.29, 0.717) is 0 Å². The average Bonchev–Trinajstić information content (AvgIpc) is 2.90. The second-order valence-electron chi connectivity index (χ2n) is 5.04. The molecule has 2 aromatic rings. The number of hydrogen-bond donors (Lipinski definition) is 2. The van der Waals surface area contributed by atoms with Crippen molar-refractivity contribution in [1.82, 2.24) is 0 Å². The van der Waals surface area contributed by atoms with Gasteiger partial charge < -0.3 is 15.8 Å². The molecule has 1 aliphatic rings. The summed E-state index contributed by atoms with van der Waals surface area (Å²) in [6, 6.07) is 14.4. The van der Waals surface area contributed by atoms with Crippen LogP contribution in [0.25, 0.3) is 0 Å². The first kappa shape index (κ1) is 12.5. The van der Waals surface area contributed by atoms with Gasteiger partial charge in [0.2, 0.25) is 0 Å². The average molecular weight is 267 g/mol. The zero-order valence-electron chi connectivity index (χ0n) is 11.4. The van der Waals surface area contributed by atoms with Gasteiger partial charge in [0.05, 0.1) is 5.69 Å². The van der Waals surface area contributed by atoms with Crippen LogP contribution in [0.2, 0.25) is 0 Å². The van der Waals surface area contributed by atoms with Crippen LogP contribution in [0.4, 0.5) is 11.4 Å². The number of hydrogen-bond acceptors (Lipinski definition) is 3. The molecule has 0 fully saturated rings. The van der Waals surface area contributed by atoms with Gasteiger partial charge in [0, 0.05) is 17.8 Å². The van der Waals surface area contributed by atoms with Crippen LogP contribution in [0.5, 0.6) is 0 Å². The Bertz CT molecular complexity index is 679. The highest BCUT2D eigenvalue weighted by atomic mass is 16.4. The lowest BCUT2D eigenvalue weighted by atomic mass is 10.1. The van der Waals surface area contributed by atoms with Gasteiger partial charge in [-0.2, -0.15) is 0 Å². The van der Waals surface area contributed by atoms with E-state index in [1.807, 2.05) is 31.2 Å². The van der Waals surface area contributed by atoms with Crippen LogP contribution in [0.3, 0.4) is 0 Å². The van der Waals surface area contributed by atoms with E-state index < -0.39 is 0 Å². The van der Waals surface area contributed by atoms with Crippen LogP contribution in [0.1, 0.15) is 16.7 Å². The summed E-state index contributed by atoms with van der Waals surface area (Å²) in [7, 11) is 0. The van der Waals surface area contributed by atoms with Crippen molar-refractivity contribution in [2.45, 2.75) is 13.3 Å². The Hall–Kier alpha value is -2.49. The van der Waals surface area contributed by atoms with Crippen molar-refractivity contribution in [2.75, 3.05) is 11.4 Å². The predicted molar refractivity (Wildman–Crippen MR) is 80.8 cm³/mol. The summed E-state index contributed by atoms with van der Waals surface area (Å²) < 4.78 is 0. The number of amidine groups is 1. The molecule has 0 saturated carbocycles. The van der Waals surface area contributed by atoms with Crippen LogP contribution in [0, 0.1) is 6.92 Å². The molecule has 0 radical (unpaired) electrons. The van der Waals surface area contributed by atoms with E-state index >= 15 is 0 Å². The normalized spacial score (nSPS) is 14.4. The number of nitrogens with two attached hydrogens (primary N) is 1. The molecule has 0 aliphatic carbocycles. The van der Waals surface area contributed by atoms with Crippen molar-refractivity contribution >= 4 is 17.2 Å². The van der Waals surface area contributed by atoms with Crippen LogP contribution in [-0.4, -0.2) is 17.6 Å². The largest absolute Gasteiger partial charge is 0.409 e. The first-order valence-corrected chi connectivity index (χ1v) is 6.64. The van der Waals surface area contributed by atoms with Gasteiger partial charge in [-0.15, -0.1) is 0 Å². The molecule has 0 bridgehead atoms. The first-order valence-electron chi connectivity index (χ1n) is 6.64. The lowest BCUT2D eigenvalue weighted by molar-refractivity contribution is 0.318. The second-order valence-corrected chi connectivity index (χ2v) is 5.04. The lowest BCUT2D eigenvalue weighted by Crippen LogP contribution is -2.21. The third-order valence-corrected chi connectivity index (χ3v) is 3.71. The van der Waals surface area contributed by atoms with Crippen LogP contribution < -0.4 is 10.6 Å². The Morgan fingerprint density at radius 2 is 2.00 bits per heavy atom. The summed E-state index contributed by atoms with van der Waals surface area (Å²) in [6.45, 7) is 2.91. The molecule has 0 atom stereocenters. The van der Waals surface area contributed by atoms with E-state index in [-0.39, 0.29) is 5.84 Å². The Kier molecular flexibility index (Phi) is 3.06. The molecule has 3 rings (SSSR count). The third-order valence-electron chi connectivity index (χ3n) is 3.71. The van der Waals surface area contributed by atoms with Crippen LogP contribution in [-0.2, 0) is 6.42 Å². The summed E-state index contributed by atoms with van der Waals surface area (Å²) in [5.41, 5.74) is 11.2. The summed E-state index contributed by atoms with van der Waals surface area (Å²) in [5, 5.41) is 12.1. The maximum absolute atomic E-state index is 8.99. The van der Waals surface area contributed by atoms with Gasteiger partial charge in [0.25, 0.3) is 0 Å². The Labute approximate surface area is 118 Å². The molecule has 4 nitrogen and oxygen atoms in total. The number of anilines is 2. The smallest absolute Gasteiger partial charge is 0.172 e. The number of para-hydroxylation sites is 1. The Morgan fingerprint density at radius 1 is 1.20 bits per heavy atom. The van der Waals surface area contributed by atoms with Gasteiger partial charge in [-0.05, 0) is 37.1 Å². The molecule has 2 aromatic carbocycles. The minimum absolute atomic E-state index is 0.146. The van der Waals surface area contributed by atoms with Crippen molar-refractivity contribution in [3.8, 4) is 0 Å². The fourth-order valence-corrected chi connectivity index (χ4v) is 2.73. The van der Waals surface area contributed by atoms with Crippen molar-refractivity contribution in [2.24, 2.45) is 10.9 Å². The molecular formula is C16H17N3O. The number of fused-ring (bicyclic) bond motifs is 1. The van der Waals surface area contributed by atoms with Crippen molar-refractivity contribution in [3.05, 3.63) is 59.2 Å². The van der Waals surface area contributed by atoms with E-state index in [9.17, 15) is 0 Å². The number of benzene rings is 2. The molecule has 4 heteroatoms. The number of rotatable bonds is 2. The summed E-state index contributed by atoms with van der Waals surface area (Å²) in [5.74, 6) is 0.146. The van der Waals surface area contributed by atoms with Crippen LogP contribution >= 0.6 is 0 Å². The molecule has 0 aromatic heterocycles. The Balaban J connectivity index is 2.12.